The van der Waals surface area contributed by atoms with Crippen molar-refractivity contribution in [3.8, 4) is 5.75 Å². The maximum absolute atomic E-state index is 12.5. The van der Waals surface area contributed by atoms with Crippen molar-refractivity contribution in [2.24, 2.45) is 0 Å². The first kappa shape index (κ1) is 20.7. The number of aryl methyl sites for hydroxylation is 3. The number of carbonyl (C=O) groups is 1. The molecule has 0 bridgehead atoms. The number of nitrogen functional groups attached to an aromatic ring is 1. The van der Waals surface area contributed by atoms with Gasteiger partial charge < -0.3 is 15.9 Å². The van der Waals surface area contributed by atoms with Crippen molar-refractivity contribution >= 4 is 23.4 Å². The number of aromatic nitrogens is 3. The summed E-state index contributed by atoms with van der Waals surface area (Å²) < 4.78 is 7.19. The molecule has 0 unspecified atom stereocenters. The van der Waals surface area contributed by atoms with E-state index in [1.165, 1.54) is 22.0 Å². The van der Waals surface area contributed by atoms with E-state index in [4.69, 9.17) is 10.6 Å². The predicted molar refractivity (Wildman–Crippen MR) is 116 cm³/mol. The summed E-state index contributed by atoms with van der Waals surface area (Å²) in [6.07, 6.45) is 0. The number of hydrogen-bond acceptors (Lipinski definition) is 6. The molecule has 0 aliphatic rings. The molecule has 0 fully saturated rings. The number of anilines is 1. The fourth-order valence-corrected chi connectivity index (χ4v) is 3.56. The van der Waals surface area contributed by atoms with Gasteiger partial charge in [0.1, 0.15) is 12.4 Å². The summed E-state index contributed by atoms with van der Waals surface area (Å²) in [5, 5.41) is 11.2. The number of amides is 1. The highest BCUT2D eigenvalue weighted by Crippen LogP contribution is 2.24. The minimum Gasteiger partial charge on any atom is -0.485 e. The second-order valence-corrected chi connectivity index (χ2v) is 8.25. The molecule has 0 aliphatic heterocycles. The highest BCUT2D eigenvalue weighted by Gasteiger charge is 2.20. The van der Waals surface area contributed by atoms with E-state index in [-0.39, 0.29) is 12.5 Å². The molecule has 1 aromatic heterocycles. The maximum Gasteiger partial charge on any atom is 0.237 e. The number of hydrogen-bond donors (Lipinski definition) is 2. The molecule has 0 saturated carbocycles. The van der Waals surface area contributed by atoms with Crippen molar-refractivity contribution in [1.29, 1.82) is 0 Å². The zero-order valence-electron chi connectivity index (χ0n) is 17.0. The third kappa shape index (κ3) is 5.29. The average Bonchev–Trinajstić information content (AvgIpc) is 3.01. The Hall–Kier alpha value is -3.00. The number of thioether (sulfide) groups is 1. The lowest BCUT2D eigenvalue weighted by molar-refractivity contribution is -0.115. The second-order valence-electron chi connectivity index (χ2n) is 6.95. The third-order valence-corrected chi connectivity index (χ3v) is 5.42. The topological polar surface area (TPSA) is 95.1 Å². The minimum absolute atomic E-state index is 0.128. The molecule has 3 N–H and O–H groups in total. The zero-order valence-corrected chi connectivity index (χ0v) is 17.8. The third-order valence-electron chi connectivity index (χ3n) is 4.36. The van der Waals surface area contributed by atoms with Gasteiger partial charge >= 0.3 is 0 Å². The Balaban J connectivity index is 1.60. The Morgan fingerprint density at radius 2 is 1.93 bits per heavy atom. The molecule has 7 nitrogen and oxygen atoms in total. The van der Waals surface area contributed by atoms with Crippen molar-refractivity contribution in [2.75, 3.05) is 11.2 Å². The van der Waals surface area contributed by atoms with Crippen molar-refractivity contribution in [1.82, 2.24) is 14.9 Å². The molecule has 0 saturated heterocycles. The van der Waals surface area contributed by atoms with Gasteiger partial charge in [0.05, 0.1) is 5.25 Å². The van der Waals surface area contributed by atoms with Crippen molar-refractivity contribution in [3.05, 3.63) is 65.0 Å². The lowest BCUT2D eigenvalue weighted by atomic mass is 10.1. The first-order valence-electron chi connectivity index (χ1n) is 9.27. The van der Waals surface area contributed by atoms with Crippen molar-refractivity contribution in [2.45, 2.75) is 44.7 Å². The number of rotatable bonds is 7. The number of nitrogens with two attached hydrogens (primary N) is 1. The summed E-state index contributed by atoms with van der Waals surface area (Å²) in [4.78, 5) is 12.5. The number of nitrogens with one attached hydrogen (secondary N) is 1. The first-order valence-corrected chi connectivity index (χ1v) is 10.1. The number of carbonyl (C=O) groups excluding carboxylic acids is 1. The fourth-order valence-electron chi connectivity index (χ4n) is 2.77. The van der Waals surface area contributed by atoms with Gasteiger partial charge in [-0.15, -0.1) is 10.2 Å². The standard InChI is InChI=1S/C21H25N5O2S/c1-13-6-5-7-17(11-13)23-20(27)16(4)29-21-25-24-19(26(21)22)12-28-18-9-8-14(2)10-15(18)3/h5-11,16H,12,22H2,1-4H3,(H,23,27)/t16-/m0/s1. The molecule has 152 valence electrons. The number of ether oxygens (including phenoxy) is 1. The molecule has 29 heavy (non-hydrogen) atoms. The van der Waals surface area contributed by atoms with Crippen LogP contribution in [0, 0.1) is 20.8 Å². The lowest BCUT2D eigenvalue weighted by Crippen LogP contribution is -2.24. The van der Waals surface area contributed by atoms with Crippen LogP contribution in [0.25, 0.3) is 0 Å². The lowest BCUT2D eigenvalue weighted by Gasteiger charge is -2.12. The molecule has 2 aromatic carbocycles. The highest BCUT2D eigenvalue weighted by atomic mass is 32.2. The Labute approximate surface area is 174 Å². The first-order chi connectivity index (χ1) is 13.8. The van der Waals surface area contributed by atoms with Gasteiger partial charge in [0.2, 0.25) is 11.1 Å². The summed E-state index contributed by atoms with van der Waals surface area (Å²) in [7, 11) is 0. The van der Waals surface area contributed by atoms with Gasteiger partial charge in [-0.1, -0.05) is 41.6 Å². The molecule has 1 heterocycles. The van der Waals surface area contributed by atoms with Crippen LogP contribution in [0.5, 0.6) is 5.75 Å². The van der Waals surface area contributed by atoms with E-state index in [9.17, 15) is 4.79 Å². The van der Waals surface area contributed by atoms with Gasteiger partial charge in [0.25, 0.3) is 0 Å². The van der Waals surface area contributed by atoms with Gasteiger partial charge in [-0.2, -0.15) is 0 Å². The van der Waals surface area contributed by atoms with Gasteiger partial charge in [-0.25, -0.2) is 4.68 Å². The van der Waals surface area contributed by atoms with E-state index in [0.717, 1.165) is 22.6 Å². The number of nitrogens with zero attached hydrogens (tertiary/aromatic N) is 3. The quantitative estimate of drug-likeness (QED) is 0.455. The van der Waals surface area contributed by atoms with Gasteiger partial charge in [-0.3, -0.25) is 4.79 Å². The molecule has 0 spiro atoms. The maximum atomic E-state index is 12.5. The van der Waals surface area contributed by atoms with Crippen LogP contribution in [0.4, 0.5) is 5.69 Å². The highest BCUT2D eigenvalue weighted by molar-refractivity contribution is 8.00. The molecule has 1 atom stereocenters. The fraction of sp³-hybridized carbons (Fsp3) is 0.286. The summed E-state index contributed by atoms with van der Waals surface area (Å²) in [5.74, 6) is 7.24. The zero-order chi connectivity index (χ0) is 21.0. The minimum atomic E-state index is -0.393. The molecule has 3 aromatic rings. The molecule has 1 amide bonds. The number of benzene rings is 2. The normalized spacial score (nSPS) is 11.9. The van der Waals surface area contributed by atoms with Crippen LogP contribution in [0.15, 0.2) is 47.6 Å². The van der Waals surface area contributed by atoms with E-state index in [1.54, 1.807) is 6.92 Å². The van der Waals surface area contributed by atoms with Gasteiger partial charge in [0.15, 0.2) is 5.82 Å². The molecular formula is C21H25N5O2S. The van der Waals surface area contributed by atoms with Crippen LogP contribution < -0.4 is 15.9 Å². The van der Waals surface area contributed by atoms with Gasteiger partial charge in [0, 0.05) is 5.69 Å². The summed E-state index contributed by atoms with van der Waals surface area (Å²) in [6, 6.07) is 13.6. The monoisotopic (exact) mass is 411 g/mol. The summed E-state index contributed by atoms with van der Waals surface area (Å²) in [5.41, 5.74) is 4.06. The molecular weight excluding hydrogens is 386 g/mol. The van der Waals surface area contributed by atoms with Crippen LogP contribution in [-0.2, 0) is 11.4 Å². The van der Waals surface area contributed by atoms with Crippen molar-refractivity contribution < 1.29 is 9.53 Å². The Bertz CT molecular complexity index is 1020. The Morgan fingerprint density at radius 1 is 1.17 bits per heavy atom. The van der Waals surface area contributed by atoms with Gasteiger partial charge in [-0.05, 0) is 57.0 Å². The average molecular weight is 412 g/mol. The molecule has 0 radical (unpaired) electrons. The Morgan fingerprint density at radius 3 is 2.66 bits per heavy atom. The molecule has 8 heteroatoms. The van der Waals surface area contributed by atoms with E-state index < -0.39 is 5.25 Å². The largest absolute Gasteiger partial charge is 0.485 e. The summed E-state index contributed by atoms with van der Waals surface area (Å²) >= 11 is 1.25. The summed E-state index contributed by atoms with van der Waals surface area (Å²) in [6.45, 7) is 8.00. The van der Waals surface area contributed by atoms with Crippen LogP contribution >= 0.6 is 11.8 Å². The van der Waals surface area contributed by atoms with Crippen LogP contribution in [-0.4, -0.2) is 26.0 Å². The SMILES string of the molecule is Cc1cccc(NC(=O)[C@H](C)Sc2nnc(COc3ccc(C)cc3C)n2N)c1. The van der Waals surface area contributed by atoms with Crippen molar-refractivity contribution in [3.63, 3.8) is 0 Å². The smallest absolute Gasteiger partial charge is 0.237 e. The van der Waals surface area contributed by atoms with E-state index in [0.29, 0.717) is 11.0 Å². The van der Waals surface area contributed by atoms with E-state index in [1.807, 2.05) is 57.2 Å². The second kappa shape index (κ2) is 9.00. The predicted octanol–water partition coefficient (Wildman–Crippen LogP) is 3.62. The molecule has 3 rings (SSSR count). The van der Waals surface area contributed by atoms with Crippen LogP contribution in [0.1, 0.15) is 29.4 Å². The van der Waals surface area contributed by atoms with Crippen LogP contribution in [0.2, 0.25) is 0 Å². The van der Waals surface area contributed by atoms with E-state index >= 15 is 0 Å². The Kier molecular flexibility index (Phi) is 6.43. The molecule has 0 aliphatic carbocycles. The van der Waals surface area contributed by atoms with E-state index in [2.05, 4.69) is 21.6 Å². The van der Waals surface area contributed by atoms with Crippen LogP contribution in [0.3, 0.4) is 0 Å².